The Bertz CT molecular complexity index is 444. The summed E-state index contributed by atoms with van der Waals surface area (Å²) in [6, 6.07) is 1.96. The Labute approximate surface area is 107 Å². The summed E-state index contributed by atoms with van der Waals surface area (Å²) < 4.78 is 16.2. The molecule has 0 radical (unpaired) electrons. The van der Waals surface area contributed by atoms with Crippen LogP contribution >= 0.6 is 0 Å². The summed E-state index contributed by atoms with van der Waals surface area (Å²) in [7, 11) is 3.31. The Morgan fingerprint density at radius 3 is 2.28 bits per heavy atom. The highest BCUT2D eigenvalue weighted by Crippen LogP contribution is 2.43. The Morgan fingerprint density at radius 1 is 1.22 bits per heavy atom. The lowest BCUT2D eigenvalue weighted by molar-refractivity contribution is -0.0850. The van der Waals surface area contributed by atoms with Crippen LogP contribution in [0.15, 0.2) is 6.07 Å². The minimum absolute atomic E-state index is 0.0506. The Kier molecular flexibility index (Phi) is 3.50. The van der Waals surface area contributed by atoms with Crippen molar-refractivity contribution in [2.24, 2.45) is 0 Å². The van der Waals surface area contributed by atoms with Crippen LogP contribution in [0.25, 0.3) is 0 Å². The number of rotatable bonds is 4. The van der Waals surface area contributed by atoms with Gasteiger partial charge in [0, 0.05) is 5.56 Å². The summed E-state index contributed by atoms with van der Waals surface area (Å²) in [5.41, 5.74) is 2.73. The maximum Gasteiger partial charge on any atom is 0.126 e. The van der Waals surface area contributed by atoms with Crippen molar-refractivity contribution in [3.05, 3.63) is 22.8 Å². The first-order valence-electron chi connectivity index (χ1n) is 6.01. The highest BCUT2D eigenvalue weighted by Gasteiger charge is 2.43. The van der Waals surface area contributed by atoms with Crippen LogP contribution in [0, 0.1) is 13.8 Å². The van der Waals surface area contributed by atoms with Crippen molar-refractivity contribution < 1.29 is 19.3 Å². The van der Waals surface area contributed by atoms with E-state index in [9.17, 15) is 5.11 Å². The molecule has 1 aliphatic heterocycles. The fraction of sp³-hybridized carbons (Fsp3) is 0.571. The fourth-order valence-electron chi connectivity index (χ4n) is 2.41. The number of hydrogen-bond acceptors (Lipinski definition) is 4. The normalized spacial score (nSPS) is 17.2. The average molecular weight is 252 g/mol. The molecular weight excluding hydrogens is 232 g/mol. The summed E-state index contributed by atoms with van der Waals surface area (Å²) >= 11 is 0. The standard InChI is InChI=1S/C14H20O4/c1-9-10(2)13(17-4)11(5-12(9)16-3)14(6-15)7-18-8-14/h5,15H,6-8H2,1-4H3. The van der Waals surface area contributed by atoms with Gasteiger partial charge in [-0.2, -0.15) is 0 Å². The monoisotopic (exact) mass is 252 g/mol. The van der Waals surface area contributed by atoms with Gasteiger partial charge < -0.3 is 19.3 Å². The van der Waals surface area contributed by atoms with Crippen LogP contribution in [0.2, 0.25) is 0 Å². The van der Waals surface area contributed by atoms with Gasteiger partial charge in [-0.05, 0) is 31.0 Å². The van der Waals surface area contributed by atoms with Crippen molar-refractivity contribution in [1.82, 2.24) is 0 Å². The molecule has 0 amide bonds. The van der Waals surface area contributed by atoms with Crippen molar-refractivity contribution in [2.75, 3.05) is 34.0 Å². The summed E-state index contributed by atoms with van der Waals surface area (Å²) in [6.07, 6.45) is 0. The van der Waals surface area contributed by atoms with E-state index in [1.807, 2.05) is 19.9 Å². The van der Waals surface area contributed by atoms with Gasteiger partial charge in [0.25, 0.3) is 0 Å². The van der Waals surface area contributed by atoms with E-state index in [2.05, 4.69) is 0 Å². The average Bonchev–Trinajstić information content (AvgIpc) is 2.33. The smallest absolute Gasteiger partial charge is 0.126 e. The first-order valence-corrected chi connectivity index (χ1v) is 6.01. The minimum atomic E-state index is -0.350. The second-order valence-electron chi connectivity index (χ2n) is 4.84. The minimum Gasteiger partial charge on any atom is -0.496 e. The first-order chi connectivity index (χ1) is 8.59. The molecule has 4 heteroatoms. The Morgan fingerprint density at radius 2 is 1.89 bits per heavy atom. The van der Waals surface area contributed by atoms with Crippen LogP contribution in [-0.2, 0) is 10.2 Å². The van der Waals surface area contributed by atoms with Gasteiger partial charge in [0.1, 0.15) is 11.5 Å². The van der Waals surface area contributed by atoms with E-state index in [0.29, 0.717) is 13.2 Å². The van der Waals surface area contributed by atoms with Crippen LogP contribution < -0.4 is 9.47 Å². The van der Waals surface area contributed by atoms with Gasteiger partial charge in [0.15, 0.2) is 0 Å². The van der Waals surface area contributed by atoms with Crippen LogP contribution in [0.1, 0.15) is 16.7 Å². The second-order valence-corrected chi connectivity index (χ2v) is 4.84. The lowest BCUT2D eigenvalue weighted by atomic mass is 9.77. The van der Waals surface area contributed by atoms with Gasteiger partial charge in [-0.1, -0.05) is 0 Å². The molecule has 0 atom stereocenters. The summed E-state index contributed by atoms with van der Waals surface area (Å²) in [6.45, 7) is 5.10. The van der Waals surface area contributed by atoms with E-state index >= 15 is 0 Å². The SMILES string of the molecule is COc1cc(C2(CO)COC2)c(OC)c(C)c1C. The van der Waals surface area contributed by atoms with Crippen molar-refractivity contribution in [1.29, 1.82) is 0 Å². The highest BCUT2D eigenvalue weighted by molar-refractivity contribution is 5.56. The molecule has 1 saturated heterocycles. The van der Waals surface area contributed by atoms with E-state index < -0.39 is 0 Å². The van der Waals surface area contributed by atoms with Gasteiger partial charge >= 0.3 is 0 Å². The molecule has 18 heavy (non-hydrogen) atoms. The van der Waals surface area contributed by atoms with E-state index in [0.717, 1.165) is 28.2 Å². The second kappa shape index (κ2) is 4.78. The summed E-state index contributed by atoms with van der Waals surface area (Å²) in [4.78, 5) is 0. The third kappa shape index (κ3) is 1.76. The van der Waals surface area contributed by atoms with Crippen molar-refractivity contribution in [3.63, 3.8) is 0 Å². The summed E-state index contributed by atoms with van der Waals surface area (Å²) in [5.74, 6) is 1.65. The first kappa shape index (κ1) is 13.2. The molecule has 0 aliphatic carbocycles. The highest BCUT2D eigenvalue weighted by atomic mass is 16.5. The van der Waals surface area contributed by atoms with Crippen LogP contribution in [-0.4, -0.2) is 39.1 Å². The van der Waals surface area contributed by atoms with Gasteiger partial charge in [-0.25, -0.2) is 0 Å². The molecule has 1 aromatic carbocycles. The molecule has 1 aromatic rings. The predicted octanol–water partition coefficient (Wildman–Crippen LogP) is 1.58. The van der Waals surface area contributed by atoms with Crippen molar-refractivity contribution in [2.45, 2.75) is 19.3 Å². The van der Waals surface area contributed by atoms with Crippen LogP contribution in [0.3, 0.4) is 0 Å². The molecule has 0 unspecified atom stereocenters. The zero-order valence-electron chi connectivity index (χ0n) is 11.4. The molecule has 2 rings (SSSR count). The lowest BCUT2D eigenvalue weighted by Crippen LogP contribution is -2.50. The zero-order valence-corrected chi connectivity index (χ0v) is 11.4. The third-order valence-electron chi connectivity index (χ3n) is 3.85. The number of hydrogen-bond donors (Lipinski definition) is 1. The van der Waals surface area contributed by atoms with Crippen LogP contribution in [0.4, 0.5) is 0 Å². The predicted molar refractivity (Wildman–Crippen MR) is 68.6 cm³/mol. The molecule has 1 fully saturated rings. The molecule has 0 spiro atoms. The largest absolute Gasteiger partial charge is 0.496 e. The number of methoxy groups -OCH3 is 2. The molecule has 100 valence electrons. The van der Waals surface area contributed by atoms with E-state index in [4.69, 9.17) is 14.2 Å². The third-order valence-corrected chi connectivity index (χ3v) is 3.85. The van der Waals surface area contributed by atoms with Gasteiger partial charge in [-0.15, -0.1) is 0 Å². The number of benzene rings is 1. The van der Waals surface area contributed by atoms with E-state index in [1.54, 1.807) is 14.2 Å². The van der Waals surface area contributed by atoms with Gasteiger partial charge in [0.05, 0.1) is 39.5 Å². The number of aliphatic hydroxyl groups is 1. The molecular formula is C14H20O4. The Balaban J connectivity index is 2.61. The Hall–Kier alpha value is -1.26. The lowest BCUT2D eigenvalue weighted by Gasteiger charge is -2.41. The van der Waals surface area contributed by atoms with E-state index in [-0.39, 0.29) is 12.0 Å². The maximum atomic E-state index is 9.66. The number of ether oxygens (including phenoxy) is 3. The maximum absolute atomic E-state index is 9.66. The molecule has 0 saturated carbocycles. The van der Waals surface area contributed by atoms with Crippen LogP contribution in [0.5, 0.6) is 11.5 Å². The van der Waals surface area contributed by atoms with Crippen molar-refractivity contribution in [3.8, 4) is 11.5 Å². The molecule has 1 N–H and O–H groups in total. The fourth-order valence-corrected chi connectivity index (χ4v) is 2.41. The topological polar surface area (TPSA) is 47.9 Å². The van der Waals surface area contributed by atoms with Gasteiger partial charge in [-0.3, -0.25) is 0 Å². The molecule has 0 bridgehead atoms. The zero-order chi connectivity index (χ0) is 13.3. The van der Waals surface area contributed by atoms with Crippen molar-refractivity contribution >= 4 is 0 Å². The molecule has 1 aliphatic rings. The number of aliphatic hydroxyl groups excluding tert-OH is 1. The van der Waals surface area contributed by atoms with E-state index in [1.165, 1.54) is 0 Å². The molecule has 1 heterocycles. The molecule has 4 nitrogen and oxygen atoms in total. The quantitative estimate of drug-likeness (QED) is 0.884. The van der Waals surface area contributed by atoms with Gasteiger partial charge in [0.2, 0.25) is 0 Å². The molecule has 0 aromatic heterocycles. The summed E-state index contributed by atoms with van der Waals surface area (Å²) in [5, 5.41) is 9.66.